The van der Waals surface area contributed by atoms with Gasteiger partial charge in [-0.05, 0) is 43.0 Å². The van der Waals surface area contributed by atoms with Crippen LogP contribution in [0.4, 0.5) is 9.32 Å². The molecule has 0 aliphatic carbocycles. The van der Waals surface area contributed by atoms with Crippen molar-refractivity contribution >= 4 is 6.09 Å². The maximum absolute atomic E-state index is 13.3. The van der Waals surface area contributed by atoms with E-state index in [4.69, 9.17) is 10.00 Å². The number of ether oxygens (including phenoxy) is 1. The summed E-state index contributed by atoms with van der Waals surface area (Å²) in [5, 5.41) is 8.84. The van der Waals surface area contributed by atoms with Crippen molar-refractivity contribution in [1.82, 2.24) is 4.90 Å². The Labute approximate surface area is 135 Å². The van der Waals surface area contributed by atoms with Crippen LogP contribution in [0, 0.1) is 11.3 Å². The number of nitrogens with zero attached hydrogens (tertiary/aromatic N) is 2. The largest absolute Gasteiger partial charge is 0.444 e. The molecule has 0 bridgehead atoms. The highest BCUT2D eigenvalue weighted by Crippen LogP contribution is 2.37. The molecular formula is C17H21FN2O3. The summed E-state index contributed by atoms with van der Waals surface area (Å²) >= 11 is 0. The summed E-state index contributed by atoms with van der Waals surface area (Å²) in [6.07, 6.45) is 0.258. The van der Waals surface area contributed by atoms with Gasteiger partial charge in [-0.3, -0.25) is 0 Å². The molecule has 0 saturated carbocycles. The van der Waals surface area contributed by atoms with Crippen LogP contribution in [0.25, 0.3) is 0 Å². The van der Waals surface area contributed by atoms with Gasteiger partial charge >= 0.3 is 6.09 Å². The predicted octanol–water partition coefficient (Wildman–Crippen LogP) is 3.69. The van der Waals surface area contributed by atoms with Crippen LogP contribution in [0.2, 0.25) is 0 Å². The maximum atomic E-state index is 13.3. The summed E-state index contributed by atoms with van der Waals surface area (Å²) in [4.78, 5) is 17.9. The number of likely N-dealkylation sites (tertiary alicyclic amines) is 1. The lowest BCUT2D eigenvalue weighted by Gasteiger charge is -2.39. The van der Waals surface area contributed by atoms with Crippen molar-refractivity contribution in [2.75, 3.05) is 13.1 Å². The highest BCUT2D eigenvalue weighted by Gasteiger charge is 2.40. The standard InChI is InChI=1S/C17H21FN2O3/c1-16(2,3)22-15(21)20-10-8-17(23-18,9-11-20)14-6-4-13(12-19)5-7-14/h4-7H,8-11H2,1-3H3. The van der Waals surface area contributed by atoms with Crippen LogP contribution >= 0.6 is 0 Å². The van der Waals surface area contributed by atoms with E-state index in [2.05, 4.69) is 4.94 Å². The number of benzene rings is 1. The Kier molecular flexibility index (Phi) is 4.90. The van der Waals surface area contributed by atoms with E-state index < -0.39 is 17.3 Å². The number of halogens is 1. The van der Waals surface area contributed by atoms with Crippen molar-refractivity contribution in [3.05, 3.63) is 35.4 Å². The van der Waals surface area contributed by atoms with Gasteiger partial charge in [-0.1, -0.05) is 12.1 Å². The Hall–Kier alpha value is -2.13. The second-order valence-corrected chi connectivity index (χ2v) is 6.73. The molecule has 0 aromatic heterocycles. The zero-order valence-corrected chi connectivity index (χ0v) is 13.6. The van der Waals surface area contributed by atoms with E-state index in [0.717, 1.165) is 0 Å². The van der Waals surface area contributed by atoms with Crippen molar-refractivity contribution in [3.63, 3.8) is 0 Å². The van der Waals surface area contributed by atoms with E-state index in [0.29, 0.717) is 37.1 Å². The molecule has 0 spiro atoms. The Morgan fingerprint density at radius 2 is 1.83 bits per heavy atom. The number of hydrogen-bond donors (Lipinski definition) is 0. The van der Waals surface area contributed by atoms with Gasteiger partial charge in [0.25, 0.3) is 0 Å². The first-order valence-corrected chi connectivity index (χ1v) is 7.58. The molecule has 124 valence electrons. The quantitative estimate of drug-likeness (QED) is 0.834. The number of carbonyl (C=O) groups excluding carboxylic acids is 1. The van der Waals surface area contributed by atoms with E-state index in [1.54, 1.807) is 49.9 Å². The zero-order chi connectivity index (χ0) is 17.1. The molecule has 1 aromatic rings. The van der Waals surface area contributed by atoms with Gasteiger partial charge in [-0.25, -0.2) is 4.79 Å². The van der Waals surface area contributed by atoms with Gasteiger partial charge in [0.15, 0.2) is 0 Å². The van der Waals surface area contributed by atoms with Crippen molar-refractivity contribution in [1.29, 1.82) is 5.26 Å². The van der Waals surface area contributed by atoms with Gasteiger partial charge in [0.2, 0.25) is 0 Å². The van der Waals surface area contributed by atoms with E-state index >= 15 is 0 Å². The lowest BCUT2D eigenvalue weighted by Crippen LogP contribution is -2.47. The van der Waals surface area contributed by atoms with Gasteiger partial charge in [0, 0.05) is 25.9 Å². The van der Waals surface area contributed by atoms with Crippen LogP contribution < -0.4 is 0 Å². The van der Waals surface area contributed by atoms with Gasteiger partial charge in [-0.2, -0.15) is 10.2 Å². The van der Waals surface area contributed by atoms with E-state index in [-0.39, 0.29) is 0 Å². The molecule has 0 atom stereocenters. The van der Waals surface area contributed by atoms with E-state index in [1.165, 1.54) is 0 Å². The summed E-state index contributed by atoms with van der Waals surface area (Å²) in [6.45, 7) is 6.11. The fourth-order valence-electron chi connectivity index (χ4n) is 2.64. The lowest BCUT2D eigenvalue weighted by molar-refractivity contribution is -0.256. The SMILES string of the molecule is CC(C)(C)OC(=O)N1CCC(OF)(c2ccc(C#N)cc2)CC1. The minimum atomic E-state index is -1.08. The number of amides is 1. The van der Waals surface area contributed by atoms with Crippen LogP contribution in [0.5, 0.6) is 0 Å². The third-order valence-corrected chi connectivity index (χ3v) is 3.91. The Morgan fingerprint density at radius 3 is 2.26 bits per heavy atom. The van der Waals surface area contributed by atoms with Gasteiger partial charge < -0.3 is 9.64 Å². The molecule has 1 fully saturated rings. The number of hydrogen-bond acceptors (Lipinski definition) is 4. The smallest absolute Gasteiger partial charge is 0.410 e. The molecule has 1 amide bonds. The molecule has 1 saturated heterocycles. The topological polar surface area (TPSA) is 62.6 Å². The summed E-state index contributed by atoms with van der Waals surface area (Å²) in [7, 11) is 0. The van der Waals surface area contributed by atoms with Gasteiger partial charge in [0.05, 0.1) is 11.6 Å². The first-order valence-electron chi connectivity index (χ1n) is 7.58. The average Bonchev–Trinajstić information content (AvgIpc) is 2.53. The number of nitriles is 1. The highest BCUT2D eigenvalue weighted by atomic mass is 19.3. The van der Waals surface area contributed by atoms with E-state index in [9.17, 15) is 9.32 Å². The van der Waals surface area contributed by atoms with Crippen LogP contribution in [0.1, 0.15) is 44.7 Å². The molecule has 2 rings (SSSR count). The third kappa shape index (κ3) is 3.99. The second-order valence-electron chi connectivity index (χ2n) is 6.73. The van der Waals surface area contributed by atoms with Crippen LogP contribution in [0.3, 0.4) is 0 Å². The zero-order valence-electron chi connectivity index (χ0n) is 13.6. The minimum absolute atomic E-state index is 0.328. The molecule has 1 aromatic carbocycles. The number of rotatable bonds is 2. The molecule has 1 heterocycles. The lowest BCUT2D eigenvalue weighted by atomic mass is 9.84. The summed E-state index contributed by atoms with van der Waals surface area (Å²) in [6, 6.07) is 8.69. The van der Waals surface area contributed by atoms with Crippen LogP contribution in [-0.4, -0.2) is 29.7 Å². The Balaban J connectivity index is 2.07. The van der Waals surface area contributed by atoms with Crippen LogP contribution in [0.15, 0.2) is 24.3 Å². The molecular weight excluding hydrogens is 299 g/mol. The summed E-state index contributed by atoms with van der Waals surface area (Å²) in [5.41, 5.74) is -0.459. The van der Waals surface area contributed by atoms with Gasteiger partial charge in [-0.15, -0.1) is 0 Å². The fraction of sp³-hybridized carbons (Fsp3) is 0.529. The Bertz CT molecular complexity index is 594. The first-order chi connectivity index (χ1) is 10.8. The Morgan fingerprint density at radius 1 is 1.26 bits per heavy atom. The van der Waals surface area contributed by atoms with Gasteiger partial charge in [0.1, 0.15) is 11.2 Å². The van der Waals surface area contributed by atoms with Crippen molar-refractivity contribution in [2.45, 2.75) is 44.8 Å². The molecule has 0 radical (unpaired) electrons. The van der Waals surface area contributed by atoms with E-state index in [1.807, 2.05) is 6.07 Å². The molecule has 1 aliphatic heterocycles. The minimum Gasteiger partial charge on any atom is -0.444 e. The summed E-state index contributed by atoms with van der Waals surface area (Å²) < 4.78 is 18.6. The number of carbonyl (C=O) groups is 1. The molecule has 0 unspecified atom stereocenters. The monoisotopic (exact) mass is 320 g/mol. The second kappa shape index (κ2) is 6.55. The maximum Gasteiger partial charge on any atom is 0.410 e. The fourth-order valence-corrected chi connectivity index (χ4v) is 2.64. The van der Waals surface area contributed by atoms with Crippen molar-refractivity contribution < 1.29 is 19.0 Å². The molecule has 0 N–H and O–H groups in total. The number of piperidine rings is 1. The molecule has 5 nitrogen and oxygen atoms in total. The molecule has 1 aliphatic rings. The first kappa shape index (κ1) is 17.2. The molecule has 6 heteroatoms. The molecule has 23 heavy (non-hydrogen) atoms. The normalized spacial score (nSPS) is 17.4. The van der Waals surface area contributed by atoms with Crippen molar-refractivity contribution in [2.24, 2.45) is 0 Å². The third-order valence-electron chi connectivity index (χ3n) is 3.91. The van der Waals surface area contributed by atoms with Crippen LogP contribution in [-0.2, 0) is 15.3 Å². The highest BCUT2D eigenvalue weighted by molar-refractivity contribution is 5.68. The van der Waals surface area contributed by atoms with Crippen molar-refractivity contribution in [3.8, 4) is 6.07 Å². The summed E-state index contributed by atoms with van der Waals surface area (Å²) in [5.74, 6) is 0. The average molecular weight is 320 g/mol. The predicted molar refractivity (Wildman–Crippen MR) is 82.1 cm³/mol.